The lowest BCUT2D eigenvalue weighted by molar-refractivity contribution is 0.305. The highest BCUT2D eigenvalue weighted by Crippen LogP contribution is 2.25. The number of nitrogens with zero attached hydrogens (tertiary/aromatic N) is 2. The first-order valence-corrected chi connectivity index (χ1v) is 8.16. The zero-order valence-corrected chi connectivity index (χ0v) is 14.4. The number of hydrogen-bond acceptors (Lipinski definition) is 5. The van der Waals surface area contributed by atoms with E-state index in [0.29, 0.717) is 19.1 Å². The quantitative estimate of drug-likeness (QED) is 0.663. The number of rotatable bonds is 7. The lowest BCUT2D eigenvalue weighted by Crippen LogP contribution is -2.13. The molecule has 3 rings (SSSR count). The van der Waals surface area contributed by atoms with Crippen LogP contribution in [0.4, 0.5) is 5.95 Å². The van der Waals surface area contributed by atoms with E-state index in [1.54, 1.807) is 13.3 Å². The van der Waals surface area contributed by atoms with Crippen LogP contribution in [-0.2, 0) is 0 Å². The summed E-state index contributed by atoms with van der Waals surface area (Å²) in [6, 6.07) is 17.8. The van der Waals surface area contributed by atoms with Gasteiger partial charge < -0.3 is 14.8 Å². The average Bonchev–Trinajstić information content (AvgIpc) is 2.66. The van der Waals surface area contributed by atoms with Crippen molar-refractivity contribution in [3.63, 3.8) is 0 Å². The molecule has 0 radical (unpaired) electrons. The number of methoxy groups -OCH3 is 1. The molecule has 25 heavy (non-hydrogen) atoms. The molecule has 1 heterocycles. The van der Waals surface area contributed by atoms with Gasteiger partial charge in [-0.1, -0.05) is 42.0 Å². The van der Waals surface area contributed by atoms with Crippen LogP contribution in [0.25, 0.3) is 11.3 Å². The third-order valence-corrected chi connectivity index (χ3v) is 3.71. The molecule has 5 heteroatoms. The highest BCUT2D eigenvalue weighted by molar-refractivity contribution is 5.60. The van der Waals surface area contributed by atoms with Crippen LogP contribution in [0.1, 0.15) is 5.56 Å². The number of anilines is 1. The second-order valence-corrected chi connectivity index (χ2v) is 5.56. The second kappa shape index (κ2) is 8.15. The number of hydrogen-bond donors (Lipinski definition) is 1. The molecular formula is C20H21N3O2. The van der Waals surface area contributed by atoms with Gasteiger partial charge >= 0.3 is 0 Å². The van der Waals surface area contributed by atoms with Crippen LogP contribution < -0.4 is 14.8 Å². The van der Waals surface area contributed by atoms with Crippen molar-refractivity contribution in [1.29, 1.82) is 0 Å². The molecule has 3 aromatic rings. The van der Waals surface area contributed by atoms with Gasteiger partial charge in [-0.05, 0) is 25.1 Å². The minimum Gasteiger partial charge on any atom is -0.493 e. The van der Waals surface area contributed by atoms with Gasteiger partial charge in [0.1, 0.15) is 6.61 Å². The highest BCUT2D eigenvalue weighted by Gasteiger charge is 2.04. The Morgan fingerprint density at radius 2 is 1.72 bits per heavy atom. The van der Waals surface area contributed by atoms with E-state index in [2.05, 4.69) is 46.5 Å². The molecule has 0 saturated carbocycles. The van der Waals surface area contributed by atoms with Gasteiger partial charge in [-0.15, -0.1) is 0 Å². The van der Waals surface area contributed by atoms with E-state index in [4.69, 9.17) is 9.47 Å². The van der Waals surface area contributed by atoms with Crippen molar-refractivity contribution in [1.82, 2.24) is 9.97 Å². The van der Waals surface area contributed by atoms with Gasteiger partial charge in [0.2, 0.25) is 5.95 Å². The zero-order chi connectivity index (χ0) is 17.5. The molecular weight excluding hydrogens is 314 g/mol. The largest absolute Gasteiger partial charge is 0.493 e. The Bertz CT molecular complexity index is 819. The summed E-state index contributed by atoms with van der Waals surface area (Å²) in [5, 5.41) is 3.19. The summed E-state index contributed by atoms with van der Waals surface area (Å²) in [7, 11) is 1.63. The predicted octanol–water partition coefficient (Wildman–Crippen LogP) is 3.95. The predicted molar refractivity (Wildman–Crippen MR) is 99.2 cm³/mol. The van der Waals surface area contributed by atoms with Crippen LogP contribution in [-0.4, -0.2) is 30.2 Å². The van der Waals surface area contributed by atoms with Gasteiger partial charge in [-0.25, -0.2) is 9.97 Å². The maximum absolute atomic E-state index is 5.73. The summed E-state index contributed by atoms with van der Waals surface area (Å²) >= 11 is 0. The SMILES string of the molecule is COc1ccccc1OCCNc1nccc(-c2ccc(C)cc2)n1. The summed E-state index contributed by atoms with van der Waals surface area (Å²) in [5.41, 5.74) is 3.19. The monoisotopic (exact) mass is 335 g/mol. The van der Waals surface area contributed by atoms with Crippen molar-refractivity contribution >= 4 is 5.95 Å². The van der Waals surface area contributed by atoms with Gasteiger partial charge in [0.15, 0.2) is 11.5 Å². The first-order valence-electron chi connectivity index (χ1n) is 8.16. The van der Waals surface area contributed by atoms with Crippen molar-refractivity contribution in [2.45, 2.75) is 6.92 Å². The van der Waals surface area contributed by atoms with Gasteiger partial charge in [0, 0.05) is 11.8 Å². The van der Waals surface area contributed by atoms with Gasteiger partial charge in [-0.2, -0.15) is 0 Å². The smallest absolute Gasteiger partial charge is 0.223 e. The number of aromatic nitrogens is 2. The number of nitrogens with one attached hydrogen (secondary N) is 1. The standard InChI is InChI=1S/C20H21N3O2/c1-15-7-9-16(10-8-15)17-11-12-21-20(23-17)22-13-14-25-19-6-4-3-5-18(19)24-2/h3-12H,13-14H2,1-2H3,(H,21,22,23). The van der Waals surface area contributed by atoms with Crippen LogP contribution in [0.3, 0.4) is 0 Å². The van der Waals surface area contributed by atoms with Crippen molar-refractivity contribution in [2.75, 3.05) is 25.6 Å². The van der Waals surface area contributed by atoms with Crippen LogP contribution in [0.15, 0.2) is 60.8 Å². The van der Waals surface area contributed by atoms with E-state index in [9.17, 15) is 0 Å². The topological polar surface area (TPSA) is 56.3 Å². The van der Waals surface area contributed by atoms with E-state index < -0.39 is 0 Å². The molecule has 0 fully saturated rings. The zero-order valence-electron chi connectivity index (χ0n) is 14.4. The van der Waals surface area contributed by atoms with Gasteiger partial charge in [0.25, 0.3) is 0 Å². The third-order valence-electron chi connectivity index (χ3n) is 3.71. The second-order valence-electron chi connectivity index (χ2n) is 5.56. The molecule has 0 aliphatic carbocycles. The van der Waals surface area contributed by atoms with Crippen molar-refractivity contribution < 1.29 is 9.47 Å². The van der Waals surface area contributed by atoms with E-state index in [0.717, 1.165) is 22.8 Å². The van der Waals surface area contributed by atoms with Crippen LogP contribution >= 0.6 is 0 Å². The van der Waals surface area contributed by atoms with E-state index >= 15 is 0 Å². The molecule has 0 aliphatic rings. The summed E-state index contributed by atoms with van der Waals surface area (Å²) in [4.78, 5) is 8.81. The van der Waals surface area contributed by atoms with Crippen LogP contribution in [0, 0.1) is 6.92 Å². The molecule has 2 aromatic carbocycles. The molecule has 0 amide bonds. The number of aryl methyl sites for hydroxylation is 1. The molecule has 0 saturated heterocycles. The molecule has 0 atom stereocenters. The summed E-state index contributed by atoms with van der Waals surface area (Å²) < 4.78 is 11.0. The number of para-hydroxylation sites is 2. The lowest BCUT2D eigenvalue weighted by Gasteiger charge is -2.11. The minimum atomic E-state index is 0.485. The van der Waals surface area contributed by atoms with Crippen LogP contribution in [0.2, 0.25) is 0 Å². The minimum absolute atomic E-state index is 0.485. The normalized spacial score (nSPS) is 10.3. The van der Waals surface area contributed by atoms with E-state index in [1.165, 1.54) is 5.56 Å². The molecule has 0 bridgehead atoms. The van der Waals surface area contributed by atoms with Gasteiger partial charge in [0.05, 0.1) is 19.3 Å². The fraction of sp³-hybridized carbons (Fsp3) is 0.200. The maximum Gasteiger partial charge on any atom is 0.223 e. The Kier molecular flexibility index (Phi) is 5.46. The molecule has 0 spiro atoms. The summed E-state index contributed by atoms with van der Waals surface area (Å²) in [5.74, 6) is 2.03. The van der Waals surface area contributed by atoms with Crippen molar-refractivity contribution in [3.8, 4) is 22.8 Å². The van der Waals surface area contributed by atoms with Gasteiger partial charge in [-0.3, -0.25) is 0 Å². The molecule has 128 valence electrons. The van der Waals surface area contributed by atoms with E-state index in [1.807, 2.05) is 30.3 Å². The maximum atomic E-state index is 5.73. The Balaban J connectivity index is 1.57. The summed E-state index contributed by atoms with van der Waals surface area (Å²) in [6.07, 6.45) is 1.76. The Hall–Kier alpha value is -3.08. The van der Waals surface area contributed by atoms with Crippen molar-refractivity contribution in [2.24, 2.45) is 0 Å². The van der Waals surface area contributed by atoms with E-state index in [-0.39, 0.29) is 0 Å². The third kappa shape index (κ3) is 4.47. The Morgan fingerprint density at radius 1 is 0.960 bits per heavy atom. The Labute approximate surface area is 147 Å². The fourth-order valence-electron chi connectivity index (χ4n) is 2.39. The molecule has 1 N–H and O–H groups in total. The molecule has 5 nitrogen and oxygen atoms in total. The van der Waals surface area contributed by atoms with Crippen LogP contribution in [0.5, 0.6) is 11.5 Å². The number of ether oxygens (including phenoxy) is 2. The van der Waals surface area contributed by atoms with Crippen molar-refractivity contribution in [3.05, 3.63) is 66.4 Å². The molecule has 0 unspecified atom stereocenters. The molecule has 0 aliphatic heterocycles. The lowest BCUT2D eigenvalue weighted by atomic mass is 10.1. The average molecular weight is 335 g/mol. The highest BCUT2D eigenvalue weighted by atomic mass is 16.5. The fourth-order valence-corrected chi connectivity index (χ4v) is 2.39. The Morgan fingerprint density at radius 3 is 2.48 bits per heavy atom. The first-order chi connectivity index (χ1) is 12.3. The number of benzene rings is 2. The summed E-state index contributed by atoms with van der Waals surface area (Å²) in [6.45, 7) is 3.15. The molecule has 1 aromatic heterocycles. The first kappa shape index (κ1) is 16.8.